The molecule has 20 heavy (non-hydrogen) atoms. The summed E-state index contributed by atoms with van der Waals surface area (Å²) < 4.78 is 13.5. The summed E-state index contributed by atoms with van der Waals surface area (Å²) in [6.45, 7) is 0.671. The number of hydrogen-bond acceptors (Lipinski definition) is 3. The van der Waals surface area contributed by atoms with Crippen LogP contribution in [-0.2, 0) is 11.2 Å². The summed E-state index contributed by atoms with van der Waals surface area (Å²) in [5, 5.41) is 9.22. The van der Waals surface area contributed by atoms with E-state index in [9.17, 15) is 14.3 Å². The van der Waals surface area contributed by atoms with Gasteiger partial charge in [-0.25, -0.2) is 4.39 Å². The van der Waals surface area contributed by atoms with Gasteiger partial charge in [-0.2, -0.15) is 0 Å². The van der Waals surface area contributed by atoms with Gasteiger partial charge in [0.15, 0.2) is 0 Å². The van der Waals surface area contributed by atoms with Crippen LogP contribution in [0.15, 0.2) is 24.3 Å². The van der Waals surface area contributed by atoms with Crippen LogP contribution in [0.25, 0.3) is 0 Å². The van der Waals surface area contributed by atoms with Crippen molar-refractivity contribution in [2.45, 2.75) is 37.8 Å². The Morgan fingerprint density at radius 2 is 2.25 bits per heavy atom. The molecule has 0 aliphatic carbocycles. The standard InChI is InChI=1S/C15H21FN2O2/c16-14-6-2-1-4-11(14)8-12(17)9-15(20)18-7-3-5-13(18)10-19/h1-2,4,6,12-13,19H,3,5,7-10,17H2/t12-,13+/m1/s1. The first kappa shape index (κ1) is 14.9. The number of hydrogen-bond donors (Lipinski definition) is 2. The van der Waals surface area contributed by atoms with Crippen molar-refractivity contribution in [2.24, 2.45) is 5.73 Å². The second-order valence-electron chi connectivity index (χ2n) is 5.33. The molecule has 0 bridgehead atoms. The first-order valence-corrected chi connectivity index (χ1v) is 7.01. The van der Waals surface area contributed by atoms with Gasteiger partial charge < -0.3 is 15.7 Å². The number of aliphatic hydroxyl groups is 1. The Morgan fingerprint density at radius 1 is 1.50 bits per heavy atom. The summed E-state index contributed by atoms with van der Waals surface area (Å²) in [5.41, 5.74) is 6.49. The summed E-state index contributed by atoms with van der Waals surface area (Å²) in [5.74, 6) is -0.338. The quantitative estimate of drug-likeness (QED) is 0.848. The van der Waals surface area contributed by atoms with Crippen LogP contribution in [-0.4, -0.2) is 41.1 Å². The minimum absolute atomic E-state index is 0.00566. The van der Waals surface area contributed by atoms with Gasteiger partial charge in [-0.3, -0.25) is 4.79 Å². The number of halogens is 1. The smallest absolute Gasteiger partial charge is 0.224 e. The van der Waals surface area contributed by atoms with E-state index >= 15 is 0 Å². The maximum atomic E-state index is 13.5. The Morgan fingerprint density at radius 3 is 2.95 bits per heavy atom. The molecule has 0 unspecified atom stereocenters. The molecule has 1 fully saturated rings. The van der Waals surface area contributed by atoms with E-state index in [1.807, 2.05) is 0 Å². The molecule has 4 nitrogen and oxygen atoms in total. The molecule has 1 aliphatic rings. The van der Waals surface area contributed by atoms with E-state index in [0.717, 1.165) is 12.8 Å². The van der Waals surface area contributed by atoms with Gasteiger partial charge in [0.25, 0.3) is 0 Å². The molecule has 1 aromatic carbocycles. The van der Waals surface area contributed by atoms with Crippen molar-refractivity contribution >= 4 is 5.91 Å². The van der Waals surface area contributed by atoms with Gasteiger partial charge in [-0.15, -0.1) is 0 Å². The average Bonchev–Trinajstić information content (AvgIpc) is 2.89. The second-order valence-corrected chi connectivity index (χ2v) is 5.33. The first-order valence-electron chi connectivity index (χ1n) is 7.01. The van der Waals surface area contributed by atoms with Crippen molar-refractivity contribution in [1.82, 2.24) is 4.90 Å². The van der Waals surface area contributed by atoms with Gasteiger partial charge in [0.2, 0.25) is 5.91 Å². The van der Waals surface area contributed by atoms with Crippen LogP contribution in [0, 0.1) is 5.82 Å². The first-order chi connectivity index (χ1) is 9.61. The van der Waals surface area contributed by atoms with Crippen LogP contribution in [0.5, 0.6) is 0 Å². The highest BCUT2D eigenvalue weighted by Gasteiger charge is 2.28. The molecular formula is C15H21FN2O2. The maximum Gasteiger partial charge on any atom is 0.224 e. The third-order valence-corrected chi connectivity index (χ3v) is 3.78. The molecule has 2 rings (SSSR count). The molecule has 3 N–H and O–H groups in total. The van der Waals surface area contributed by atoms with Gasteiger partial charge in [0.05, 0.1) is 12.6 Å². The summed E-state index contributed by atoms with van der Waals surface area (Å²) in [4.78, 5) is 13.8. The number of amides is 1. The van der Waals surface area contributed by atoms with Crippen molar-refractivity contribution in [3.8, 4) is 0 Å². The zero-order valence-electron chi connectivity index (χ0n) is 11.5. The predicted molar refractivity (Wildman–Crippen MR) is 74.5 cm³/mol. The number of nitrogens with two attached hydrogens (primary N) is 1. The molecule has 110 valence electrons. The Kier molecular flexibility index (Phi) is 5.09. The third kappa shape index (κ3) is 3.55. The summed E-state index contributed by atoms with van der Waals surface area (Å²) in [6, 6.07) is 5.99. The largest absolute Gasteiger partial charge is 0.394 e. The van der Waals surface area contributed by atoms with Crippen molar-refractivity contribution in [2.75, 3.05) is 13.2 Å². The van der Waals surface area contributed by atoms with E-state index in [-0.39, 0.29) is 30.8 Å². The summed E-state index contributed by atoms with van der Waals surface area (Å²) >= 11 is 0. The highest BCUT2D eigenvalue weighted by atomic mass is 19.1. The number of aliphatic hydroxyl groups excluding tert-OH is 1. The van der Waals surface area contributed by atoms with Crippen molar-refractivity contribution in [1.29, 1.82) is 0 Å². The monoisotopic (exact) mass is 280 g/mol. The fourth-order valence-corrected chi connectivity index (χ4v) is 2.71. The number of nitrogens with zero attached hydrogens (tertiary/aromatic N) is 1. The van der Waals surface area contributed by atoms with Gasteiger partial charge in [-0.05, 0) is 30.9 Å². The number of carbonyl (C=O) groups is 1. The number of carbonyl (C=O) groups excluding carboxylic acids is 1. The van der Waals surface area contributed by atoms with Gasteiger partial charge >= 0.3 is 0 Å². The molecule has 1 aromatic rings. The van der Waals surface area contributed by atoms with Gasteiger partial charge in [-0.1, -0.05) is 18.2 Å². The van der Waals surface area contributed by atoms with E-state index in [4.69, 9.17) is 5.73 Å². The molecular weight excluding hydrogens is 259 g/mol. The van der Waals surface area contributed by atoms with E-state index in [2.05, 4.69) is 0 Å². The van der Waals surface area contributed by atoms with Gasteiger partial charge in [0.1, 0.15) is 5.82 Å². The summed E-state index contributed by atoms with van der Waals surface area (Å²) in [7, 11) is 0. The minimum Gasteiger partial charge on any atom is -0.394 e. The normalized spacial score (nSPS) is 20.1. The summed E-state index contributed by atoms with van der Waals surface area (Å²) in [6.07, 6.45) is 2.28. The van der Waals surface area contributed by atoms with Gasteiger partial charge in [0, 0.05) is 19.0 Å². The highest BCUT2D eigenvalue weighted by Crippen LogP contribution is 2.18. The average molecular weight is 280 g/mol. The Bertz CT molecular complexity index is 467. The van der Waals surface area contributed by atoms with Crippen LogP contribution < -0.4 is 5.73 Å². The zero-order valence-corrected chi connectivity index (χ0v) is 11.5. The number of benzene rings is 1. The lowest BCUT2D eigenvalue weighted by molar-refractivity contribution is -0.133. The maximum absolute atomic E-state index is 13.5. The molecule has 2 atom stereocenters. The van der Waals surface area contributed by atoms with Crippen LogP contribution in [0.4, 0.5) is 4.39 Å². The lowest BCUT2D eigenvalue weighted by Gasteiger charge is -2.24. The van der Waals surface area contributed by atoms with Crippen LogP contribution in [0.3, 0.4) is 0 Å². The zero-order chi connectivity index (χ0) is 14.5. The van der Waals surface area contributed by atoms with E-state index in [0.29, 0.717) is 18.5 Å². The van der Waals surface area contributed by atoms with Crippen LogP contribution >= 0.6 is 0 Å². The van der Waals surface area contributed by atoms with Crippen LogP contribution in [0.1, 0.15) is 24.8 Å². The fourth-order valence-electron chi connectivity index (χ4n) is 2.71. The fraction of sp³-hybridized carbons (Fsp3) is 0.533. The molecule has 1 amide bonds. The van der Waals surface area contributed by atoms with E-state index < -0.39 is 6.04 Å². The highest BCUT2D eigenvalue weighted by molar-refractivity contribution is 5.77. The van der Waals surface area contributed by atoms with Crippen LogP contribution in [0.2, 0.25) is 0 Å². The molecule has 0 aromatic heterocycles. The lowest BCUT2D eigenvalue weighted by atomic mass is 10.0. The van der Waals surface area contributed by atoms with Crippen molar-refractivity contribution in [3.05, 3.63) is 35.6 Å². The Hall–Kier alpha value is -1.46. The number of rotatable bonds is 5. The molecule has 1 saturated heterocycles. The van der Waals surface area contributed by atoms with E-state index in [1.165, 1.54) is 6.07 Å². The van der Waals surface area contributed by atoms with Crippen molar-refractivity contribution in [3.63, 3.8) is 0 Å². The third-order valence-electron chi connectivity index (χ3n) is 3.78. The molecule has 0 spiro atoms. The molecule has 5 heteroatoms. The number of likely N-dealkylation sites (tertiary alicyclic amines) is 1. The molecule has 0 radical (unpaired) electrons. The topological polar surface area (TPSA) is 66.6 Å². The second kappa shape index (κ2) is 6.81. The molecule has 1 aliphatic heterocycles. The Balaban J connectivity index is 1.89. The minimum atomic E-state index is -0.403. The molecule has 0 saturated carbocycles. The molecule has 1 heterocycles. The SMILES string of the molecule is N[C@@H](CC(=O)N1CCC[C@H]1CO)Cc1ccccc1F. The lowest BCUT2D eigenvalue weighted by Crippen LogP contribution is -2.41. The van der Waals surface area contributed by atoms with E-state index in [1.54, 1.807) is 23.1 Å². The predicted octanol–water partition coefficient (Wildman–Crippen LogP) is 1.07. The Labute approximate surface area is 118 Å². The van der Waals surface area contributed by atoms with Crippen molar-refractivity contribution < 1.29 is 14.3 Å².